The van der Waals surface area contributed by atoms with Crippen LogP contribution in [0, 0.1) is 0 Å². The van der Waals surface area contributed by atoms with Gasteiger partial charge in [0.15, 0.2) is 0 Å². The number of carbonyl (C=O) groups is 1. The van der Waals surface area contributed by atoms with E-state index in [4.69, 9.17) is 23.2 Å². The highest BCUT2D eigenvalue weighted by Crippen LogP contribution is 2.18. The average molecular weight is 301 g/mol. The van der Waals surface area contributed by atoms with Crippen LogP contribution < -0.4 is 10.6 Å². The molecule has 0 unspecified atom stereocenters. The van der Waals surface area contributed by atoms with E-state index in [2.05, 4.69) is 20.5 Å². The number of likely N-dealkylation sites (N-methyl/N-ethyl adjacent to an activating group) is 1. The summed E-state index contributed by atoms with van der Waals surface area (Å²) in [7, 11) is 2.00. The van der Waals surface area contributed by atoms with Crippen LogP contribution in [0.25, 0.3) is 0 Å². The molecule has 0 aliphatic carbocycles. The fraction of sp³-hybridized carbons (Fsp3) is 0.333. The second-order valence-corrected chi connectivity index (χ2v) is 5.13. The van der Waals surface area contributed by atoms with Gasteiger partial charge in [0.2, 0.25) is 0 Å². The summed E-state index contributed by atoms with van der Waals surface area (Å²) in [5, 5.41) is 6.00. The highest BCUT2D eigenvalue weighted by Gasteiger charge is 2.14. The Kier molecular flexibility index (Phi) is 4.63. The Labute approximate surface area is 121 Å². The van der Waals surface area contributed by atoms with Gasteiger partial charge >= 0.3 is 6.03 Å². The molecule has 0 spiro atoms. The molecule has 1 aromatic heterocycles. The van der Waals surface area contributed by atoms with Crippen molar-refractivity contribution in [2.75, 3.05) is 25.5 Å². The summed E-state index contributed by atoms with van der Waals surface area (Å²) in [6.45, 7) is 1.68. The van der Waals surface area contributed by atoms with Gasteiger partial charge in [-0.25, -0.2) is 9.78 Å². The molecule has 7 heteroatoms. The highest BCUT2D eigenvalue weighted by atomic mass is 35.5. The number of hydrogen-bond acceptors (Lipinski definition) is 3. The number of amides is 2. The first-order valence-electron chi connectivity index (χ1n) is 5.79. The zero-order valence-electron chi connectivity index (χ0n) is 10.4. The Hall–Kier alpha value is -1.30. The van der Waals surface area contributed by atoms with Crippen LogP contribution in [0.1, 0.15) is 0 Å². The fourth-order valence-electron chi connectivity index (χ4n) is 1.84. The minimum absolute atomic E-state index is 0.00784. The quantitative estimate of drug-likeness (QED) is 0.651. The van der Waals surface area contributed by atoms with Crippen molar-refractivity contribution in [2.45, 2.75) is 6.04 Å². The lowest BCUT2D eigenvalue weighted by atomic mass is 10.2. The molecule has 0 saturated carbocycles. The first kappa shape index (κ1) is 14.1. The van der Waals surface area contributed by atoms with Gasteiger partial charge in [-0.05, 0) is 19.2 Å². The highest BCUT2D eigenvalue weighted by molar-refractivity contribution is 6.32. The SMILES string of the molecule is CN1CC=C[C@@H](NC(=O)Nc2cc(Cl)nc(Cl)c2)C1. The normalized spacial score (nSPS) is 19.2. The van der Waals surface area contributed by atoms with E-state index >= 15 is 0 Å². The maximum atomic E-state index is 11.8. The maximum Gasteiger partial charge on any atom is 0.319 e. The van der Waals surface area contributed by atoms with Crippen LogP contribution in [0.4, 0.5) is 10.5 Å². The fourth-order valence-corrected chi connectivity index (χ4v) is 2.30. The second-order valence-electron chi connectivity index (χ2n) is 4.36. The van der Waals surface area contributed by atoms with Gasteiger partial charge < -0.3 is 15.5 Å². The Bertz CT molecular complexity index is 486. The van der Waals surface area contributed by atoms with E-state index in [0.717, 1.165) is 13.1 Å². The third-order valence-electron chi connectivity index (χ3n) is 2.63. The van der Waals surface area contributed by atoms with Gasteiger partial charge in [-0.3, -0.25) is 0 Å². The van der Waals surface area contributed by atoms with Gasteiger partial charge in [0.05, 0.1) is 6.04 Å². The van der Waals surface area contributed by atoms with Crippen molar-refractivity contribution >= 4 is 34.9 Å². The van der Waals surface area contributed by atoms with Gasteiger partial charge in [0.25, 0.3) is 0 Å². The molecule has 2 rings (SSSR count). The minimum Gasteiger partial charge on any atom is -0.330 e. The molecule has 1 aliphatic heterocycles. The topological polar surface area (TPSA) is 57.3 Å². The zero-order valence-corrected chi connectivity index (χ0v) is 11.9. The van der Waals surface area contributed by atoms with Crippen LogP contribution in [0.3, 0.4) is 0 Å². The molecule has 0 fully saturated rings. The molecule has 2 N–H and O–H groups in total. The van der Waals surface area contributed by atoms with Crippen LogP contribution >= 0.6 is 23.2 Å². The van der Waals surface area contributed by atoms with E-state index in [9.17, 15) is 4.79 Å². The number of nitrogens with one attached hydrogen (secondary N) is 2. The van der Waals surface area contributed by atoms with Crippen LogP contribution in [-0.4, -0.2) is 42.1 Å². The van der Waals surface area contributed by atoms with E-state index in [1.54, 1.807) is 0 Å². The molecule has 1 aliphatic rings. The van der Waals surface area contributed by atoms with Crippen LogP contribution in [0.2, 0.25) is 10.3 Å². The number of hydrogen-bond donors (Lipinski definition) is 2. The number of nitrogens with zero attached hydrogens (tertiary/aromatic N) is 2. The van der Waals surface area contributed by atoms with E-state index < -0.39 is 0 Å². The number of rotatable bonds is 2. The van der Waals surface area contributed by atoms with Crippen LogP contribution in [0.5, 0.6) is 0 Å². The van der Waals surface area contributed by atoms with Gasteiger partial charge in [-0.1, -0.05) is 35.4 Å². The Morgan fingerprint density at radius 1 is 1.42 bits per heavy atom. The summed E-state index contributed by atoms with van der Waals surface area (Å²) >= 11 is 11.5. The average Bonchev–Trinajstić information content (AvgIpc) is 2.26. The molecule has 19 heavy (non-hydrogen) atoms. The largest absolute Gasteiger partial charge is 0.330 e. The zero-order chi connectivity index (χ0) is 13.8. The Morgan fingerprint density at radius 2 is 2.11 bits per heavy atom. The summed E-state index contributed by atoms with van der Waals surface area (Å²) in [5.74, 6) is 0. The summed E-state index contributed by atoms with van der Waals surface area (Å²) < 4.78 is 0. The summed E-state index contributed by atoms with van der Waals surface area (Å²) in [4.78, 5) is 17.8. The van der Waals surface area contributed by atoms with Gasteiger partial charge in [0.1, 0.15) is 10.3 Å². The summed E-state index contributed by atoms with van der Waals surface area (Å²) in [6.07, 6.45) is 4.00. The van der Waals surface area contributed by atoms with Crippen molar-refractivity contribution in [2.24, 2.45) is 0 Å². The predicted octanol–water partition coefficient (Wildman–Crippen LogP) is 2.38. The van der Waals surface area contributed by atoms with Crippen LogP contribution in [0.15, 0.2) is 24.3 Å². The number of anilines is 1. The van der Waals surface area contributed by atoms with Crippen LogP contribution in [-0.2, 0) is 0 Å². The molecule has 5 nitrogen and oxygen atoms in total. The maximum absolute atomic E-state index is 11.8. The molecule has 0 saturated heterocycles. The van der Waals surface area contributed by atoms with Crippen molar-refractivity contribution in [1.29, 1.82) is 0 Å². The lowest BCUT2D eigenvalue weighted by molar-refractivity contribution is 0.245. The molecule has 0 aromatic carbocycles. The minimum atomic E-state index is -0.303. The number of carbonyl (C=O) groups excluding carboxylic acids is 1. The number of aromatic nitrogens is 1. The third kappa shape index (κ3) is 4.38. The molecule has 0 radical (unpaired) electrons. The predicted molar refractivity (Wildman–Crippen MR) is 76.8 cm³/mol. The van der Waals surface area contributed by atoms with Crippen molar-refractivity contribution in [1.82, 2.24) is 15.2 Å². The molecule has 1 aromatic rings. The molecule has 102 valence electrons. The molecule has 1 atom stereocenters. The van der Waals surface area contributed by atoms with Crippen molar-refractivity contribution < 1.29 is 4.79 Å². The molecule has 0 bridgehead atoms. The number of urea groups is 1. The van der Waals surface area contributed by atoms with E-state index in [-0.39, 0.29) is 22.4 Å². The smallest absolute Gasteiger partial charge is 0.319 e. The molecular formula is C12H14Cl2N4O. The third-order valence-corrected chi connectivity index (χ3v) is 3.02. The summed E-state index contributed by atoms with van der Waals surface area (Å²) in [5.41, 5.74) is 0.510. The monoisotopic (exact) mass is 300 g/mol. The number of pyridine rings is 1. The standard InChI is InChI=1S/C12H14Cl2N4O/c1-18-4-2-3-8(7-18)15-12(19)16-9-5-10(13)17-11(14)6-9/h2-3,5-6,8H,4,7H2,1H3,(H2,15,16,17,19)/t8-/m1/s1. The van der Waals surface area contributed by atoms with Crippen molar-refractivity contribution in [3.8, 4) is 0 Å². The molecular weight excluding hydrogens is 287 g/mol. The van der Waals surface area contributed by atoms with E-state index in [1.165, 1.54) is 12.1 Å². The summed E-state index contributed by atoms with van der Waals surface area (Å²) in [6, 6.07) is 2.76. The Morgan fingerprint density at radius 3 is 2.74 bits per heavy atom. The van der Waals surface area contributed by atoms with Gasteiger partial charge in [-0.2, -0.15) is 0 Å². The number of halogens is 2. The van der Waals surface area contributed by atoms with E-state index in [0.29, 0.717) is 5.69 Å². The van der Waals surface area contributed by atoms with Crippen molar-refractivity contribution in [3.63, 3.8) is 0 Å². The second kappa shape index (κ2) is 6.23. The lowest BCUT2D eigenvalue weighted by Gasteiger charge is -2.25. The lowest BCUT2D eigenvalue weighted by Crippen LogP contribution is -2.45. The first-order chi connectivity index (χ1) is 9.02. The molecule has 2 heterocycles. The van der Waals surface area contributed by atoms with Crippen molar-refractivity contribution in [3.05, 3.63) is 34.6 Å². The van der Waals surface area contributed by atoms with E-state index in [1.807, 2.05) is 19.2 Å². The first-order valence-corrected chi connectivity index (χ1v) is 6.54. The van der Waals surface area contributed by atoms with Gasteiger partial charge in [0, 0.05) is 18.8 Å². The molecule has 2 amide bonds. The Balaban J connectivity index is 1.94. The van der Waals surface area contributed by atoms with Gasteiger partial charge in [-0.15, -0.1) is 0 Å².